The molecule has 0 aliphatic rings. The van der Waals surface area contributed by atoms with E-state index in [4.69, 9.17) is 9.47 Å². The van der Waals surface area contributed by atoms with Gasteiger partial charge in [0.1, 0.15) is 0 Å². The van der Waals surface area contributed by atoms with Crippen LogP contribution in [0.5, 0.6) is 0 Å². The average Bonchev–Trinajstić information content (AvgIpc) is 2.56. The van der Waals surface area contributed by atoms with E-state index in [2.05, 4.69) is 10.4 Å². The lowest BCUT2D eigenvalue weighted by Gasteiger charge is -2.14. The fourth-order valence-electron chi connectivity index (χ4n) is 1.59. The number of methoxy groups -OCH3 is 2. The van der Waals surface area contributed by atoms with Gasteiger partial charge in [0.15, 0.2) is 0 Å². The Bertz CT molecular complexity index is 312. The SMILES string of the molecule is COCC(CNCc1cn(C)nc1C)OC. The van der Waals surface area contributed by atoms with Crippen LogP contribution < -0.4 is 5.32 Å². The number of aryl methyl sites for hydroxylation is 2. The van der Waals surface area contributed by atoms with Crippen molar-refractivity contribution in [2.75, 3.05) is 27.4 Å². The maximum atomic E-state index is 5.26. The molecular weight excluding hydrogens is 206 g/mol. The van der Waals surface area contributed by atoms with Gasteiger partial charge in [-0.2, -0.15) is 5.10 Å². The van der Waals surface area contributed by atoms with Crippen LogP contribution >= 0.6 is 0 Å². The van der Waals surface area contributed by atoms with Gasteiger partial charge >= 0.3 is 0 Å². The molecule has 0 saturated carbocycles. The second-order valence-corrected chi connectivity index (χ2v) is 3.86. The number of rotatable bonds is 7. The summed E-state index contributed by atoms with van der Waals surface area (Å²) in [5.41, 5.74) is 2.28. The molecular formula is C11H21N3O2. The fourth-order valence-corrected chi connectivity index (χ4v) is 1.59. The lowest BCUT2D eigenvalue weighted by Crippen LogP contribution is -2.31. The molecule has 0 aromatic carbocycles. The van der Waals surface area contributed by atoms with E-state index >= 15 is 0 Å². The molecule has 1 aromatic heterocycles. The minimum Gasteiger partial charge on any atom is -0.382 e. The van der Waals surface area contributed by atoms with Gasteiger partial charge in [-0.05, 0) is 6.92 Å². The summed E-state index contributed by atoms with van der Waals surface area (Å²) in [4.78, 5) is 0. The zero-order chi connectivity index (χ0) is 12.0. The summed E-state index contributed by atoms with van der Waals surface area (Å²) in [5, 5.41) is 7.62. The van der Waals surface area contributed by atoms with Crippen LogP contribution in [0, 0.1) is 6.92 Å². The molecule has 16 heavy (non-hydrogen) atoms. The highest BCUT2D eigenvalue weighted by Gasteiger charge is 2.07. The first-order chi connectivity index (χ1) is 7.67. The van der Waals surface area contributed by atoms with Gasteiger partial charge in [-0.25, -0.2) is 0 Å². The van der Waals surface area contributed by atoms with Gasteiger partial charge in [0.2, 0.25) is 0 Å². The van der Waals surface area contributed by atoms with Crippen LogP contribution in [0.15, 0.2) is 6.20 Å². The second kappa shape index (κ2) is 6.62. The molecule has 0 aliphatic carbocycles. The van der Waals surface area contributed by atoms with E-state index in [1.807, 2.05) is 24.9 Å². The molecule has 0 spiro atoms. The van der Waals surface area contributed by atoms with Gasteiger partial charge < -0.3 is 14.8 Å². The average molecular weight is 227 g/mol. The first-order valence-electron chi connectivity index (χ1n) is 5.39. The second-order valence-electron chi connectivity index (χ2n) is 3.86. The van der Waals surface area contributed by atoms with Crippen molar-refractivity contribution >= 4 is 0 Å². The Morgan fingerprint density at radius 1 is 1.50 bits per heavy atom. The normalized spacial score (nSPS) is 13.0. The summed E-state index contributed by atoms with van der Waals surface area (Å²) in [6.07, 6.45) is 2.13. The van der Waals surface area contributed by atoms with Crippen molar-refractivity contribution in [2.45, 2.75) is 19.6 Å². The molecule has 1 atom stereocenters. The van der Waals surface area contributed by atoms with E-state index < -0.39 is 0 Å². The molecule has 1 heterocycles. The lowest BCUT2D eigenvalue weighted by molar-refractivity contribution is 0.0288. The molecule has 0 saturated heterocycles. The van der Waals surface area contributed by atoms with Crippen LogP contribution in [0.2, 0.25) is 0 Å². The minimum absolute atomic E-state index is 0.0991. The molecule has 1 N–H and O–H groups in total. The van der Waals surface area contributed by atoms with E-state index in [9.17, 15) is 0 Å². The summed E-state index contributed by atoms with van der Waals surface area (Å²) in [7, 11) is 5.30. The Morgan fingerprint density at radius 3 is 2.75 bits per heavy atom. The topological polar surface area (TPSA) is 48.3 Å². The Balaban J connectivity index is 2.32. The molecule has 0 amide bonds. The lowest BCUT2D eigenvalue weighted by atomic mass is 10.2. The van der Waals surface area contributed by atoms with Crippen LogP contribution in [0.1, 0.15) is 11.3 Å². The molecule has 5 heteroatoms. The van der Waals surface area contributed by atoms with Crippen molar-refractivity contribution < 1.29 is 9.47 Å². The third-order valence-electron chi connectivity index (χ3n) is 2.49. The van der Waals surface area contributed by atoms with Gasteiger partial charge in [-0.1, -0.05) is 0 Å². The number of hydrogen-bond donors (Lipinski definition) is 1. The number of aromatic nitrogens is 2. The smallest absolute Gasteiger partial charge is 0.0928 e. The van der Waals surface area contributed by atoms with Gasteiger partial charge in [-0.15, -0.1) is 0 Å². The van der Waals surface area contributed by atoms with Crippen molar-refractivity contribution in [3.8, 4) is 0 Å². The zero-order valence-corrected chi connectivity index (χ0v) is 10.5. The van der Waals surface area contributed by atoms with E-state index in [1.165, 1.54) is 5.56 Å². The van der Waals surface area contributed by atoms with E-state index in [0.29, 0.717) is 6.61 Å². The van der Waals surface area contributed by atoms with Crippen molar-refractivity contribution in [3.63, 3.8) is 0 Å². The monoisotopic (exact) mass is 227 g/mol. The summed E-state index contributed by atoms with van der Waals surface area (Å²) < 4.78 is 12.1. The fraction of sp³-hybridized carbons (Fsp3) is 0.727. The summed E-state index contributed by atoms with van der Waals surface area (Å²) in [6.45, 7) is 4.21. The minimum atomic E-state index is 0.0991. The first kappa shape index (κ1) is 13.2. The molecule has 0 fully saturated rings. The zero-order valence-electron chi connectivity index (χ0n) is 10.5. The van der Waals surface area contributed by atoms with Crippen molar-refractivity contribution in [3.05, 3.63) is 17.5 Å². The summed E-state index contributed by atoms with van der Waals surface area (Å²) >= 11 is 0. The van der Waals surface area contributed by atoms with Gasteiger partial charge in [0.25, 0.3) is 0 Å². The largest absolute Gasteiger partial charge is 0.382 e. The highest BCUT2D eigenvalue weighted by molar-refractivity contribution is 5.14. The van der Waals surface area contributed by atoms with Crippen molar-refractivity contribution in [2.24, 2.45) is 7.05 Å². The maximum absolute atomic E-state index is 5.26. The number of nitrogens with zero attached hydrogens (tertiary/aromatic N) is 2. The molecule has 0 bridgehead atoms. The van der Waals surface area contributed by atoms with Crippen molar-refractivity contribution in [1.82, 2.24) is 15.1 Å². The molecule has 1 rings (SSSR count). The molecule has 5 nitrogen and oxygen atoms in total. The summed E-state index contributed by atoms with van der Waals surface area (Å²) in [5.74, 6) is 0. The van der Waals surface area contributed by atoms with E-state index in [-0.39, 0.29) is 6.10 Å². The molecule has 0 aliphatic heterocycles. The van der Waals surface area contributed by atoms with Gasteiger partial charge in [-0.3, -0.25) is 4.68 Å². The van der Waals surface area contributed by atoms with Crippen LogP contribution in [0.4, 0.5) is 0 Å². The van der Waals surface area contributed by atoms with Crippen LogP contribution in [0.25, 0.3) is 0 Å². The van der Waals surface area contributed by atoms with Crippen molar-refractivity contribution in [1.29, 1.82) is 0 Å². The van der Waals surface area contributed by atoms with E-state index in [0.717, 1.165) is 18.8 Å². The predicted octanol–water partition coefficient (Wildman–Crippen LogP) is 0.480. The Labute approximate surface area is 96.7 Å². The third-order valence-corrected chi connectivity index (χ3v) is 2.49. The molecule has 1 unspecified atom stereocenters. The Hall–Kier alpha value is -0.910. The van der Waals surface area contributed by atoms with Crippen LogP contribution in [-0.2, 0) is 23.1 Å². The maximum Gasteiger partial charge on any atom is 0.0928 e. The number of hydrogen-bond acceptors (Lipinski definition) is 4. The Morgan fingerprint density at radius 2 is 2.25 bits per heavy atom. The predicted molar refractivity (Wildman–Crippen MR) is 62.3 cm³/mol. The van der Waals surface area contributed by atoms with Crippen LogP contribution in [0.3, 0.4) is 0 Å². The molecule has 1 aromatic rings. The Kier molecular flexibility index (Phi) is 5.45. The van der Waals surface area contributed by atoms with Gasteiger partial charge in [0.05, 0.1) is 18.4 Å². The first-order valence-corrected chi connectivity index (χ1v) is 5.39. The standard InChI is InChI=1S/C11H21N3O2/c1-9-10(7-14(2)13-9)5-12-6-11(16-4)8-15-3/h7,11-12H,5-6,8H2,1-4H3. The van der Waals surface area contributed by atoms with E-state index in [1.54, 1.807) is 14.2 Å². The molecule has 92 valence electrons. The van der Waals surface area contributed by atoms with Crippen LogP contribution in [-0.4, -0.2) is 43.3 Å². The quantitative estimate of drug-likeness (QED) is 0.736. The number of nitrogens with one attached hydrogen (secondary N) is 1. The molecule has 0 radical (unpaired) electrons. The third kappa shape index (κ3) is 3.92. The number of ether oxygens (including phenoxy) is 2. The highest BCUT2D eigenvalue weighted by Crippen LogP contribution is 2.03. The highest BCUT2D eigenvalue weighted by atomic mass is 16.5. The van der Waals surface area contributed by atoms with Gasteiger partial charge in [0, 0.05) is 46.1 Å². The summed E-state index contributed by atoms with van der Waals surface area (Å²) in [6, 6.07) is 0.